The van der Waals surface area contributed by atoms with Crippen LogP contribution in [0.2, 0.25) is 0 Å². The Morgan fingerprint density at radius 1 is 0.429 bits per heavy atom. The summed E-state index contributed by atoms with van der Waals surface area (Å²) in [6.45, 7) is 0. The lowest BCUT2D eigenvalue weighted by molar-refractivity contribution is 1.13. The number of nitrogens with zero attached hydrogens (tertiary/aromatic N) is 5. The number of fused-ring (bicyclic) bond motifs is 9. The molecule has 0 bridgehead atoms. The van der Waals surface area contributed by atoms with Crippen molar-refractivity contribution in [2.45, 2.75) is 0 Å². The third kappa shape index (κ3) is 4.30. The maximum absolute atomic E-state index is 9.86. The van der Waals surface area contributed by atoms with E-state index in [9.17, 15) is 5.26 Å². The van der Waals surface area contributed by atoms with Crippen molar-refractivity contribution in [1.29, 1.82) is 5.26 Å². The molecule has 0 saturated heterocycles. The SMILES string of the molecule is N#Cc1cccc(-c2nc(-c3cc(-n4c5ccccc5c5ccccc54)cc(-n4c5ccccc5c5ccccc54)c3)c3c(n2)-c2cccc4cccc-3c24)c1. The summed E-state index contributed by atoms with van der Waals surface area (Å²) in [6.07, 6.45) is 0. The maximum Gasteiger partial charge on any atom is 0.160 e. The molecule has 5 nitrogen and oxygen atoms in total. The Hall–Kier alpha value is -7.81. The number of hydrogen-bond acceptors (Lipinski definition) is 3. The highest BCUT2D eigenvalue weighted by Crippen LogP contribution is 2.51. The van der Waals surface area contributed by atoms with Crippen LogP contribution in [0.3, 0.4) is 0 Å². The summed E-state index contributed by atoms with van der Waals surface area (Å²) < 4.78 is 4.78. The van der Waals surface area contributed by atoms with E-state index >= 15 is 0 Å². The number of benzene rings is 8. The fourth-order valence-corrected chi connectivity index (χ4v) is 9.11. The Kier molecular flexibility index (Phi) is 6.34. The van der Waals surface area contributed by atoms with E-state index in [0.717, 1.165) is 72.6 Å². The van der Waals surface area contributed by atoms with Gasteiger partial charge in [-0.05, 0) is 70.9 Å². The largest absolute Gasteiger partial charge is 0.309 e. The summed E-state index contributed by atoms with van der Waals surface area (Å²) in [5.74, 6) is 0.585. The highest BCUT2D eigenvalue weighted by molar-refractivity contribution is 6.17. The highest BCUT2D eigenvalue weighted by Gasteiger charge is 2.29. The van der Waals surface area contributed by atoms with E-state index in [4.69, 9.17) is 9.97 Å². The molecule has 1 aliphatic rings. The molecule has 0 unspecified atom stereocenters. The van der Waals surface area contributed by atoms with Gasteiger partial charge in [-0.3, -0.25) is 0 Å². The zero-order valence-electron chi connectivity index (χ0n) is 30.0. The van der Waals surface area contributed by atoms with Crippen molar-refractivity contribution < 1.29 is 0 Å². The van der Waals surface area contributed by atoms with Crippen LogP contribution >= 0.6 is 0 Å². The van der Waals surface area contributed by atoms with Crippen molar-refractivity contribution in [3.8, 4) is 62.5 Å². The minimum Gasteiger partial charge on any atom is -0.309 e. The van der Waals surface area contributed by atoms with Crippen LogP contribution in [0.1, 0.15) is 5.56 Å². The minimum atomic E-state index is 0.570. The molecule has 0 atom stereocenters. The fraction of sp³-hybridized carbons (Fsp3) is 0. The van der Waals surface area contributed by atoms with E-state index in [1.165, 1.54) is 32.3 Å². The number of hydrogen-bond donors (Lipinski definition) is 0. The summed E-state index contributed by atoms with van der Waals surface area (Å²) in [6, 6.07) is 64.4. The summed E-state index contributed by atoms with van der Waals surface area (Å²) in [4.78, 5) is 10.8. The van der Waals surface area contributed by atoms with Gasteiger partial charge in [0.25, 0.3) is 0 Å². The zero-order valence-corrected chi connectivity index (χ0v) is 30.0. The molecule has 12 rings (SSSR count). The van der Waals surface area contributed by atoms with Crippen LogP contribution in [0.25, 0.3) is 111 Å². The maximum atomic E-state index is 9.86. The number of aromatic nitrogens is 4. The Balaban J connectivity index is 1.23. The van der Waals surface area contributed by atoms with Gasteiger partial charge in [0.2, 0.25) is 0 Å². The predicted octanol–water partition coefficient (Wildman–Crippen LogP) is 12.7. The molecule has 3 aromatic heterocycles. The molecule has 0 aliphatic heterocycles. The first-order valence-electron chi connectivity index (χ1n) is 18.8. The molecular formula is C51H29N5. The Labute approximate surface area is 321 Å². The molecule has 0 fully saturated rings. The van der Waals surface area contributed by atoms with Gasteiger partial charge in [-0.15, -0.1) is 0 Å². The highest BCUT2D eigenvalue weighted by atomic mass is 15.0. The lowest BCUT2D eigenvalue weighted by atomic mass is 9.98. The van der Waals surface area contributed by atoms with Crippen LogP contribution in [0.4, 0.5) is 0 Å². The average Bonchev–Trinajstić information content (AvgIpc) is 3.90. The van der Waals surface area contributed by atoms with Crippen molar-refractivity contribution in [2.24, 2.45) is 0 Å². The van der Waals surface area contributed by atoms with E-state index in [1.807, 2.05) is 24.3 Å². The van der Waals surface area contributed by atoms with Crippen LogP contribution in [0.5, 0.6) is 0 Å². The molecule has 3 heterocycles. The van der Waals surface area contributed by atoms with Crippen molar-refractivity contribution in [2.75, 3.05) is 0 Å². The molecule has 11 aromatic rings. The number of para-hydroxylation sites is 4. The lowest BCUT2D eigenvalue weighted by Gasteiger charge is -2.18. The van der Waals surface area contributed by atoms with E-state index in [2.05, 4.69) is 167 Å². The molecule has 258 valence electrons. The summed E-state index contributed by atoms with van der Waals surface area (Å²) in [5.41, 5.74) is 14.0. The van der Waals surface area contributed by atoms with Gasteiger partial charge in [0.1, 0.15) is 0 Å². The second-order valence-corrected chi connectivity index (χ2v) is 14.5. The van der Waals surface area contributed by atoms with Crippen molar-refractivity contribution in [3.63, 3.8) is 0 Å². The fourth-order valence-electron chi connectivity index (χ4n) is 9.11. The van der Waals surface area contributed by atoms with Crippen LogP contribution in [0.15, 0.2) is 176 Å². The topological polar surface area (TPSA) is 59.4 Å². The first kappa shape index (κ1) is 30.6. The second kappa shape index (κ2) is 11.6. The molecule has 0 amide bonds. The first-order valence-corrected chi connectivity index (χ1v) is 18.8. The monoisotopic (exact) mass is 711 g/mol. The Morgan fingerprint density at radius 2 is 0.929 bits per heavy atom. The van der Waals surface area contributed by atoms with Gasteiger partial charge in [0, 0.05) is 55.2 Å². The second-order valence-electron chi connectivity index (χ2n) is 14.5. The quantitative estimate of drug-likeness (QED) is 0.183. The molecule has 0 saturated carbocycles. The molecule has 1 aliphatic carbocycles. The van der Waals surface area contributed by atoms with Crippen molar-refractivity contribution in [1.82, 2.24) is 19.1 Å². The van der Waals surface area contributed by atoms with E-state index in [-0.39, 0.29) is 0 Å². The normalized spacial score (nSPS) is 11.9. The van der Waals surface area contributed by atoms with Gasteiger partial charge in [-0.1, -0.05) is 121 Å². The van der Waals surface area contributed by atoms with Crippen molar-refractivity contribution in [3.05, 3.63) is 181 Å². The predicted molar refractivity (Wildman–Crippen MR) is 228 cm³/mol. The Morgan fingerprint density at radius 3 is 1.48 bits per heavy atom. The molecule has 0 radical (unpaired) electrons. The zero-order chi connectivity index (χ0) is 36.9. The molecule has 0 N–H and O–H groups in total. The third-order valence-electron chi connectivity index (χ3n) is 11.4. The summed E-state index contributed by atoms with van der Waals surface area (Å²) in [7, 11) is 0. The third-order valence-corrected chi connectivity index (χ3v) is 11.4. The van der Waals surface area contributed by atoms with Gasteiger partial charge in [0.15, 0.2) is 5.82 Å². The first-order chi connectivity index (χ1) is 27.7. The van der Waals surface area contributed by atoms with Gasteiger partial charge in [-0.2, -0.15) is 5.26 Å². The van der Waals surface area contributed by atoms with Gasteiger partial charge < -0.3 is 9.13 Å². The number of rotatable bonds is 4. The van der Waals surface area contributed by atoms with Crippen LogP contribution in [-0.4, -0.2) is 19.1 Å². The van der Waals surface area contributed by atoms with E-state index < -0.39 is 0 Å². The standard InChI is InChI=1S/C51H29N5/c52-30-31-12-9-15-33(26-31)51-53-49(48-41-20-10-13-32-14-11-21-42(47(32)41)50(48)54-51)34-27-35(55-43-22-5-1-16-37(43)38-17-2-6-23-44(38)55)29-36(28-34)56-45-24-7-3-18-39(45)40-19-4-8-25-46(40)56/h1-29H. The summed E-state index contributed by atoms with van der Waals surface area (Å²) >= 11 is 0. The molecule has 8 aromatic carbocycles. The van der Waals surface area contributed by atoms with Gasteiger partial charge in [-0.25, -0.2) is 9.97 Å². The van der Waals surface area contributed by atoms with Crippen molar-refractivity contribution >= 4 is 54.4 Å². The number of nitriles is 1. The van der Waals surface area contributed by atoms with Crippen LogP contribution in [-0.2, 0) is 0 Å². The van der Waals surface area contributed by atoms with Crippen LogP contribution in [0, 0.1) is 11.3 Å². The smallest absolute Gasteiger partial charge is 0.160 e. The minimum absolute atomic E-state index is 0.570. The lowest BCUT2D eigenvalue weighted by Crippen LogP contribution is -2.02. The van der Waals surface area contributed by atoms with E-state index in [1.54, 1.807) is 0 Å². The summed E-state index contributed by atoms with van der Waals surface area (Å²) in [5, 5.41) is 17.0. The molecule has 56 heavy (non-hydrogen) atoms. The molecule has 0 spiro atoms. The van der Waals surface area contributed by atoms with Gasteiger partial charge >= 0.3 is 0 Å². The molecular weight excluding hydrogens is 683 g/mol. The van der Waals surface area contributed by atoms with Gasteiger partial charge in [0.05, 0.1) is 45.1 Å². The Bertz CT molecular complexity index is 3260. The van der Waals surface area contributed by atoms with Crippen LogP contribution < -0.4 is 0 Å². The van der Waals surface area contributed by atoms with E-state index in [0.29, 0.717) is 11.4 Å². The average molecular weight is 712 g/mol. The molecule has 5 heteroatoms.